The molecule has 112 valence electrons. The van der Waals surface area contributed by atoms with Gasteiger partial charge in [0, 0.05) is 12.8 Å². The van der Waals surface area contributed by atoms with E-state index in [2.05, 4.69) is 0 Å². The Morgan fingerprint density at radius 2 is 1.29 bits per heavy atom. The maximum atomic E-state index is 11.2. The third-order valence-corrected chi connectivity index (χ3v) is 3.94. The molecule has 2 rings (SSSR count). The molecule has 0 unspecified atom stereocenters. The molecule has 21 heavy (non-hydrogen) atoms. The predicted octanol–water partition coefficient (Wildman–Crippen LogP) is 3.52. The van der Waals surface area contributed by atoms with Crippen LogP contribution in [0, 0.1) is 0 Å². The quantitative estimate of drug-likeness (QED) is 0.629. The molecule has 0 amide bonds. The van der Waals surface area contributed by atoms with E-state index in [1.165, 1.54) is 0 Å². The fraction of sp³-hybridized carbons (Fsp3) is 0.200. The number of phosphoric acid groups is 1. The number of hydrogen-bond donors (Lipinski definition) is 2. The summed E-state index contributed by atoms with van der Waals surface area (Å²) >= 11 is 6.38. The van der Waals surface area contributed by atoms with Gasteiger partial charge in [-0.25, -0.2) is 4.57 Å². The van der Waals surface area contributed by atoms with E-state index in [-0.39, 0.29) is 12.8 Å². The molecule has 2 aromatic rings. The van der Waals surface area contributed by atoms with Crippen LogP contribution in [0.3, 0.4) is 0 Å². The topological polar surface area (TPSA) is 66.8 Å². The molecule has 0 aliphatic carbocycles. The summed E-state index contributed by atoms with van der Waals surface area (Å²) in [5.74, 6) is 0. The number of halogens is 1. The predicted molar refractivity (Wildman–Crippen MR) is 82.0 cm³/mol. The second kappa shape index (κ2) is 6.73. The third kappa shape index (κ3) is 5.62. The van der Waals surface area contributed by atoms with Crippen molar-refractivity contribution in [2.45, 2.75) is 17.9 Å². The fourth-order valence-electron chi connectivity index (χ4n) is 2.14. The van der Waals surface area contributed by atoms with Crippen molar-refractivity contribution in [1.82, 2.24) is 0 Å². The highest BCUT2D eigenvalue weighted by Gasteiger charge is 2.36. The molecular weight excluding hydrogens is 311 g/mol. The van der Waals surface area contributed by atoms with E-state index in [0.29, 0.717) is 0 Å². The van der Waals surface area contributed by atoms with Crippen LogP contribution in [0.4, 0.5) is 0 Å². The highest BCUT2D eigenvalue weighted by molar-refractivity contribution is 7.46. The summed E-state index contributed by atoms with van der Waals surface area (Å²) in [5, 5.41) is -1.50. The Balaban J connectivity index is 2.23. The Labute approximate surface area is 128 Å². The Morgan fingerprint density at radius 3 is 1.62 bits per heavy atom. The molecule has 0 saturated carbocycles. The number of benzene rings is 2. The zero-order valence-corrected chi connectivity index (χ0v) is 12.9. The van der Waals surface area contributed by atoms with Gasteiger partial charge in [-0.3, -0.25) is 4.52 Å². The van der Waals surface area contributed by atoms with Gasteiger partial charge in [-0.05, 0) is 11.1 Å². The van der Waals surface area contributed by atoms with Crippen LogP contribution in [-0.4, -0.2) is 14.8 Å². The van der Waals surface area contributed by atoms with E-state index >= 15 is 0 Å². The van der Waals surface area contributed by atoms with Gasteiger partial charge in [0.05, 0.1) is 0 Å². The van der Waals surface area contributed by atoms with E-state index in [1.807, 2.05) is 60.7 Å². The Bertz CT molecular complexity index is 571. The van der Waals surface area contributed by atoms with E-state index in [1.54, 1.807) is 0 Å². The minimum absolute atomic E-state index is 0.190. The van der Waals surface area contributed by atoms with Gasteiger partial charge in [0.2, 0.25) is 0 Å². The average molecular weight is 327 g/mol. The van der Waals surface area contributed by atoms with Crippen molar-refractivity contribution in [1.29, 1.82) is 0 Å². The Morgan fingerprint density at radius 1 is 0.905 bits per heavy atom. The van der Waals surface area contributed by atoms with Crippen LogP contribution in [0.5, 0.6) is 0 Å². The molecule has 2 N–H and O–H groups in total. The first kappa shape index (κ1) is 16.2. The Hall–Kier alpha value is -1.16. The smallest absolute Gasteiger partial charge is 0.303 e. The number of alkyl halides is 1. The standard InChI is InChI=1S/C15H16ClO4P/c16-15(20-21(17,18)19,11-13-7-3-1-4-8-13)12-14-9-5-2-6-10-14/h1-10H,11-12H2,(H2,17,18,19). The molecule has 0 aliphatic rings. The average Bonchev–Trinajstić information content (AvgIpc) is 2.38. The highest BCUT2D eigenvalue weighted by Crippen LogP contribution is 2.45. The molecule has 0 saturated heterocycles. The first-order valence-corrected chi connectivity index (χ1v) is 8.30. The summed E-state index contributed by atoms with van der Waals surface area (Å²) in [6, 6.07) is 18.4. The molecule has 0 spiro atoms. The molecule has 0 atom stereocenters. The van der Waals surface area contributed by atoms with Crippen LogP contribution < -0.4 is 0 Å². The van der Waals surface area contributed by atoms with Crippen LogP contribution in [0.25, 0.3) is 0 Å². The Kier molecular flexibility index (Phi) is 5.20. The maximum absolute atomic E-state index is 11.2. The molecule has 4 nitrogen and oxygen atoms in total. The largest absolute Gasteiger partial charge is 0.471 e. The molecule has 0 aromatic heterocycles. The van der Waals surface area contributed by atoms with Gasteiger partial charge in [0.25, 0.3) is 0 Å². The number of phosphoric ester groups is 1. The minimum Gasteiger partial charge on any atom is -0.303 e. The van der Waals surface area contributed by atoms with Gasteiger partial charge in [0.1, 0.15) is 0 Å². The van der Waals surface area contributed by atoms with Crippen molar-refractivity contribution in [2.75, 3.05) is 0 Å². The second-order valence-electron chi connectivity index (χ2n) is 4.79. The van der Waals surface area contributed by atoms with Gasteiger partial charge in [0.15, 0.2) is 5.06 Å². The molecule has 0 fully saturated rings. The monoisotopic (exact) mass is 326 g/mol. The number of rotatable bonds is 6. The summed E-state index contributed by atoms with van der Waals surface area (Å²) in [7, 11) is -4.69. The van der Waals surface area contributed by atoms with Crippen molar-refractivity contribution in [2.24, 2.45) is 0 Å². The van der Waals surface area contributed by atoms with Gasteiger partial charge in [-0.1, -0.05) is 72.3 Å². The van der Waals surface area contributed by atoms with Crippen molar-refractivity contribution in [3.05, 3.63) is 71.8 Å². The summed E-state index contributed by atoms with van der Waals surface area (Å²) in [5.41, 5.74) is 1.69. The van der Waals surface area contributed by atoms with Crippen LogP contribution in [0.2, 0.25) is 0 Å². The lowest BCUT2D eigenvalue weighted by Crippen LogP contribution is -2.30. The normalized spacial score (nSPS) is 12.3. The number of hydrogen-bond acceptors (Lipinski definition) is 2. The molecule has 2 aromatic carbocycles. The highest BCUT2D eigenvalue weighted by atomic mass is 35.5. The van der Waals surface area contributed by atoms with Crippen LogP contribution in [0.15, 0.2) is 60.7 Å². The van der Waals surface area contributed by atoms with E-state index in [9.17, 15) is 4.57 Å². The molecule has 0 radical (unpaired) electrons. The lowest BCUT2D eigenvalue weighted by molar-refractivity contribution is 0.101. The molecule has 6 heteroatoms. The SMILES string of the molecule is O=P(O)(O)OC(Cl)(Cc1ccccc1)Cc1ccccc1. The molecule has 0 aliphatic heterocycles. The van der Waals surface area contributed by atoms with Gasteiger partial charge in [-0.15, -0.1) is 0 Å². The first-order chi connectivity index (χ1) is 9.86. The second-order valence-corrected chi connectivity index (χ2v) is 6.64. The molecule has 0 heterocycles. The van der Waals surface area contributed by atoms with Crippen LogP contribution >= 0.6 is 19.4 Å². The van der Waals surface area contributed by atoms with Crippen molar-refractivity contribution in [3.63, 3.8) is 0 Å². The lowest BCUT2D eigenvalue weighted by Gasteiger charge is -2.27. The van der Waals surface area contributed by atoms with Gasteiger partial charge < -0.3 is 9.79 Å². The van der Waals surface area contributed by atoms with Gasteiger partial charge >= 0.3 is 7.82 Å². The summed E-state index contributed by atoms with van der Waals surface area (Å²) < 4.78 is 16.1. The molecule has 0 bridgehead atoms. The minimum atomic E-state index is -4.69. The summed E-state index contributed by atoms with van der Waals surface area (Å²) in [6.07, 6.45) is 0.380. The summed E-state index contributed by atoms with van der Waals surface area (Å²) in [6.45, 7) is 0. The van der Waals surface area contributed by atoms with Crippen molar-refractivity contribution in [3.8, 4) is 0 Å². The van der Waals surface area contributed by atoms with Crippen LogP contribution in [-0.2, 0) is 21.9 Å². The maximum Gasteiger partial charge on any atom is 0.471 e. The fourth-order valence-corrected chi connectivity index (χ4v) is 3.28. The first-order valence-electron chi connectivity index (χ1n) is 6.39. The lowest BCUT2D eigenvalue weighted by atomic mass is 10.0. The third-order valence-electron chi connectivity index (χ3n) is 2.90. The van der Waals surface area contributed by atoms with E-state index in [0.717, 1.165) is 11.1 Å². The van der Waals surface area contributed by atoms with E-state index < -0.39 is 12.9 Å². The van der Waals surface area contributed by atoms with Crippen molar-refractivity contribution < 1.29 is 18.9 Å². The van der Waals surface area contributed by atoms with Gasteiger partial charge in [-0.2, -0.15) is 0 Å². The zero-order valence-electron chi connectivity index (χ0n) is 11.2. The zero-order chi connectivity index (χ0) is 15.3. The van der Waals surface area contributed by atoms with Crippen LogP contribution in [0.1, 0.15) is 11.1 Å². The van der Waals surface area contributed by atoms with Crippen molar-refractivity contribution >= 4 is 19.4 Å². The molecular formula is C15H16ClO4P. The van der Waals surface area contributed by atoms with E-state index in [4.69, 9.17) is 25.9 Å². The summed E-state index contributed by atoms with van der Waals surface area (Å²) in [4.78, 5) is 18.2.